The van der Waals surface area contributed by atoms with Crippen LogP contribution in [0.2, 0.25) is 0 Å². The lowest BCUT2D eigenvalue weighted by Gasteiger charge is -2.27. The normalized spacial score (nSPS) is 14.4. The van der Waals surface area contributed by atoms with E-state index in [9.17, 15) is 4.79 Å². The Morgan fingerprint density at radius 1 is 1.29 bits per heavy atom. The van der Waals surface area contributed by atoms with Gasteiger partial charge in [0, 0.05) is 24.0 Å². The topological polar surface area (TPSA) is 55.6 Å². The van der Waals surface area contributed by atoms with E-state index in [0.717, 1.165) is 29.7 Å². The molecule has 5 heteroatoms. The number of amides is 1. The predicted octanol–water partition coefficient (Wildman–Crippen LogP) is 3.29. The van der Waals surface area contributed by atoms with Gasteiger partial charge >= 0.3 is 0 Å². The van der Waals surface area contributed by atoms with Crippen molar-refractivity contribution in [2.75, 3.05) is 7.11 Å². The second-order valence-corrected chi connectivity index (χ2v) is 6.08. The molecule has 3 aromatic rings. The van der Waals surface area contributed by atoms with Gasteiger partial charge in [0.25, 0.3) is 5.91 Å². The molecule has 0 radical (unpaired) electrons. The average Bonchev–Trinajstić information content (AvgIpc) is 3.06. The zero-order chi connectivity index (χ0) is 16.5. The molecule has 1 aliphatic carbocycles. The molecule has 122 valence electrons. The maximum absolute atomic E-state index is 12.8. The van der Waals surface area contributed by atoms with E-state index < -0.39 is 0 Å². The predicted molar refractivity (Wildman–Crippen MR) is 92.3 cm³/mol. The van der Waals surface area contributed by atoms with Gasteiger partial charge < -0.3 is 10.1 Å². The van der Waals surface area contributed by atoms with E-state index in [2.05, 4.69) is 10.3 Å². The van der Waals surface area contributed by atoms with Crippen LogP contribution in [0.3, 0.4) is 0 Å². The van der Waals surface area contributed by atoms with Crippen LogP contribution in [0.25, 0.3) is 16.9 Å². The van der Waals surface area contributed by atoms with Crippen LogP contribution < -0.4 is 10.1 Å². The summed E-state index contributed by atoms with van der Waals surface area (Å²) < 4.78 is 7.30. The number of hydrogen-bond donors (Lipinski definition) is 1. The van der Waals surface area contributed by atoms with Gasteiger partial charge in [0.15, 0.2) is 0 Å². The van der Waals surface area contributed by atoms with E-state index in [0.29, 0.717) is 17.4 Å². The first-order valence-electron chi connectivity index (χ1n) is 8.17. The zero-order valence-corrected chi connectivity index (χ0v) is 13.5. The van der Waals surface area contributed by atoms with Crippen LogP contribution >= 0.6 is 0 Å². The van der Waals surface area contributed by atoms with Crippen molar-refractivity contribution >= 4 is 11.6 Å². The number of carbonyl (C=O) groups excluding carboxylic acids is 1. The fourth-order valence-electron chi connectivity index (χ4n) is 3.04. The standard InChI is InChI=1S/C19H19N3O2/c1-24-14-8-9-15(16(12-14)19(23)21-13-4-2-5-13)17-6-3-7-18-20-10-11-22(17)18/h3,6-13H,2,4-5H2,1H3,(H,21,23). The molecular formula is C19H19N3O2. The number of fused-ring (bicyclic) bond motifs is 1. The largest absolute Gasteiger partial charge is 0.497 e. The van der Waals surface area contributed by atoms with Crippen molar-refractivity contribution in [1.82, 2.24) is 14.7 Å². The Bertz CT molecular complexity index is 897. The first-order valence-corrected chi connectivity index (χ1v) is 8.17. The summed E-state index contributed by atoms with van der Waals surface area (Å²) in [6.07, 6.45) is 6.97. The summed E-state index contributed by atoms with van der Waals surface area (Å²) in [5.74, 6) is 0.626. The Morgan fingerprint density at radius 2 is 2.17 bits per heavy atom. The first-order chi connectivity index (χ1) is 11.8. The number of aromatic nitrogens is 2. The van der Waals surface area contributed by atoms with Gasteiger partial charge in [0.2, 0.25) is 0 Å². The molecule has 0 atom stereocenters. The lowest BCUT2D eigenvalue weighted by atomic mass is 9.92. The van der Waals surface area contributed by atoms with Crippen molar-refractivity contribution in [1.29, 1.82) is 0 Å². The fraction of sp³-hybridized carbons (Fsp3) is 0.263. The minimum atomic E-state index is -0.0503. The number of rotatable bonds is 4. The molecule has 1 N–H and O–H groups in total. The van der Waals surface area contributed by atoms with E-state index in [4.69, 9.17) is 4.74 Å². The maximum atomic E-state index is 12.8. The van der Waals surface area contributed by atoms with E-state index in [1.165, 1.54) is 6.42 Å². The number of benzene rings is 1. The monoisotopic (exact) mass is 321 g/mol. The SMILES string of the molecule is COc1ccc(-c2cccc3nccn23)c(C(=O)NC2CCC2)c1. The molecule has 1 saturated carbocycles. The average molecular weight is 321 g/mol. The minimum absolute atomic E-state index is 0.0503. The van der Waals surface area contributed by atoms with Gasteiger partial charge in [0.1, 0.15) is 11.4 Å². The Kier molecular flexibility index (Phi) is 3.69. The summed E-state index contributed by atoms with van der Waals surface area (Å²) in [4.78, 5) is 17.1. The Balaban J connectivity index is 1.82. The molecule has 0 aliphatic heterocycles. The number of methoxy groups -OCH3 is 1. The molecule has 24 heavy (non-hydrogen) atoms. The highest BCUT2D eigenvalue weighted by Crippen LogP contribution is 2.29. The van der Waals surface area contributed by atoms with Gasteiger partial charge in [-0.3, -0.25) is 9.20 Å². The quantitative estimate of drug-likeness (QED) is 0.802. The van der Waals surface area contributed by atoms with Gasteiger partial charge in [-0.25, -0.2) is 4.98 Å². The van der Waals surface area contributed by atoms with Crippen molar-refractivity contribution in [3.05, 3.63) is 54.4 Å². The third-order valence-electron chi connectivity index (χ3n) is 4.62. The van der Waals surface area contributed by atoms with Crippen LogP contribution in [0.4, 0.5) is 0 Å². The third kappa shape index (κ3) is 2.52. The molecule has 2 aromatic heterocycles. The lowest BCUT2D eigenvalue weighted by molar-refractivity contribution is 0.0917. The fourth-order valence-corrected chi connectivity index (χ4v) is 3.04. The minimum Gasteiger partial charge on any atom is -0.497 e. The molecule has 0 saturated heterocycles. The van der Waals surface area contributed by atoms with E-state index in [1.807, 2.05) is 40.9 Å². The smallest absolute Gasteiger partial charge is 0.252 e. The molecular weight excluding hydrogens is 302 g/mol. The van der Waals surface area contributed by atoms with E-state index >= 15 is 0 Å². The highest BCUT2D eigenvalue weighted by Gasteiger charge is 2.22. The van der Waals surface area contributed by atoms with Crippen LogP contribution in [0.1, 0.15) is 29.6 Å². The van der Waals surface area contributed by atoms with Crippen molar-refractivity contribution in [2.45, 2.75) is 25.3 Å². The third-order valence-corrected chi connectivity index (χ3v) is 4.62. The van der Waals surface area contributed by atoms with Gasteiger partial charge in [0.05, 0.1) is 18.4 Å². The van der Waals surface area contributed by atoms with Crippen LogP contribution in [0, 0.1) is 0 Å². The number of carbonyl (C=O) groups is 1. The molecule has 4 rings (SSSR count). The second-order valence-electron chi connectivity index (χ2n) is 6.08. The van der Waals surface area contributed by atoms with Gasteiger partial charge in [-0.1, -0.05) is 6.07 Å². The second kappa shape index (κ2) is 6.00. The summed E-state index contributed by atoms with van der Waals surface area (Å²) in [5, 5.41) is 3.12. The van der Waals surface area contributed by atoms with Crippen molar-refractivity contribution in [2.24, 2.45) is 0 Å². The highest BCUT2D eigenvalue weighted by molar-refractivity contribution is 6.01. The first kappa shape index (κ1) is 14.8. The summed E-state index contributed by atoms with van der Waals surface area (Å²) in [6.45, 7) is 0. The Morgan fingerprint density at radius 3 is 2.92 bits per heavy atom. The molecule has 1 aromatic carbocycles. The Labute approximate surface area is 140 Å². The number of nitrogens with one attached hydrogen (secondary N) is 1. The lowest BCUT2D eigenvalue weighted by Crippen LogP contribution is -2.39. The van der Waals surface area contributed by atoms with Crippen molar-refractivity contribution < 1.29 is 9.53 Å². The number of ether oxygens (including phenoxy) is 1. The van der Waals surface area contributed by atoms with E-state index in [1.54, 1.807) is 19.4 Å². The number of imidazole rings is 1. The molecule has 2 heterocycles. The van der Waals surface area contributed by atoms with Crippen LogP contribution in [-0.4, -0.2) is 28.4 Å². The summed E-state index contributed by atoms with van der Waals surface area (Å²) >= 11 is 0. The van der Waals surface area contributed by atoms with Crippen LogP contribution in [0.5, 0.6) is 5.75 Å². The van der Waals surface area contributed by atoms with E-state index in [-0.39, 0.29) is 5.91 Å². The van der Waals surface area contributed by atoms with Crippen LogP contribution in [0.15, 0.2) is 48.8 Å². The van der Waals surface area contributed by atoms with Crippen molar-refractivity contribution in [3.8, 4) is 17.0 Å². The summed E-state index contributed by atoms with van der Waals surface area (Å²) in [6, 6.07) is 11.8. The molecule has 0 spiro atoms. The Hall–Kier alpha value is -2.82. The highest BCUT2D eigenvalue weighted by atomic mass is 16.5. The molecule has 1 amide bonds. The summed E-state index contributed by atoms with van der Waals surface area (Å²) in [5.41, 5.74) is 3.29. The molecule has 1 fully saturated rings. The number of nitrogens with zero attached hydrogens (tertiary/aromatic N) is 2. The molecule has 1 aliphatic rings. The maximum Gasteiger partial charge on any atom is 0.252 e. The van der Waals surface area contributed by atoms with Gasteiger partial charge in [-0.05, 0) is 49.6 Å². The van der Waals surface area contributed by atoms with Crippen LogP contribution in [-0.2, 0) is 0 Å². The molecule has 0 bridgehead atoms. The van der Waals surface area contributed by atoms with Gasteiger partial charge in [-0.2, -0.15) is 0 Å². The zero-order valence-electron chi connectivity index (χ0n) is 13.5. The number of hydrogen-bond acceptors (Lipinski definition) is 3. The molecule has 0 unspecified atom stereocenters. The van der Waals surface area contributed by atoms with Crippen molar-refractivity contribution in [3.63, 3.8) is 0 Å². The number of pyridine rings is 1. The molecule has 5 nitrogen and oxygen atoms in total. The van der Waals surface area contributed by atoms with Gasteiger partial charge in [-0.15, -0.1) is 0 Å². The summed E-state index contributed by atoms with van der Waals surface area (Å²) in [7, 11) is 1.61.